The van der Waals surface area contributed by atoms with Crippen LogP contribution in [-0.4, -0.2) is 41.0 Å². The first-order chi connectivity index (χ1) is 16.5. The van der Waals surface area contributed by atoms with Gasteiger partial charge in [-0.1, -0.05) is 48.0 Å². The highest BCUT2D eigenvalue weighted by atomic mass is 35.5. The van der Waals surface area contributed by atoms with E-state index in [-0.39, 0.29) is 11.8 Å². The Hall–Kier alpha value is -3.97. The summed E-state index contributed by atoms with van der Waals surface area (Å²) in [5.74, 6) is -2.65. The number of carbonyl (C=O) groups is 3. The van der Waals surface area contributed by atoms with Gasteiger partial charge >= 0.3 is 0 Å². The lowest BCUT2D eigenvalue weighted by Crippen LogP contribution is -2.47. The van der Waals surface area contributed by atoms with Gasteiger partial charge in [-0.05, 0) is 53.2 Å². The molecule has 2 saturated heterocycles. The van der Waals surface area contributed by atoms with E-state index in [9.17, 15) is 14.4 Å². The van der Waals surface area contributed by atoms with Gasteiger partial charge in [0.25, 0.3) is 0 Å². The van der Waals surface area contributed by atoms with Crippen molar-refractivity contribution in [1.29, 1.82) is 0 Å². The summed E-state index contributed by atoms with van der Waals surface area (Å²) in [4.78, 5) is 41.9. The van der Waals surface area contributed by atoms with Crippen LogP contribution in [0.2, 0.25) is 5.02 Å². The van der Waals surface area contributed by atoms with Gasteiger partial charge in [0.15, 0.2) is 0 Å². The topological polar surface area (TPSA) is 82.1 Å². The fourth-order valence-electron chi connectivity index (χ4n) is 5.16. The summed E-state index contributed by atoms with van der Waals surface area (Å²) in [6.07, 6.45) is 5.14. The first kappa shape index (κ1) is 20.6. The zero-order valence-corrected chi connectivity index (χ0v) is 18.6. The third-order valence-corrected chi connectivity index (χ3v) is 6.91. The Labute approximate surface area is 200 Å². The van der Waals surface area contributed by atoms with Crippen molar-refractivity contribution in [3.05, 3.63) is 83.9 Å². The standard InChI is InChI=1S/C26H19ClN4O3/c27-17-8-10-18(11-9-17)29-24(32)23-22-21(20-6-3-13-28-31(20)23)25(33)30(26(22)34)19-12-7-15-4-1-2-5-16(15)14-19/h1-14,20-23H,(H,29,32)/t20-,21-,22-,23+/m0/s1. The minimum absolute atomic E-state index is 0.316. The number of hydrogen-bond donors (Lipinski definition) is 1. The Bertz CT molecular complexity index is 1400. The average molecular weight is 471 g/mol. The Kier molecular flexibility index (Phi) is 4.74. The maximum absolute atomic E-state index is 13.7. The molecule has 7 nitrogen and oxygen atoms in total. The largest absolute Gasteiger partial charge is 0.324 e. The minimum atomic E-state index is -0.922. The fourth-order valence-corrected chi connectivity index (χ4v) is 5.28. The van der Waals surface area contributed by atoms with Crippen LogP contribution in [0.1, 0.15) is 0 Å². The summed E-state index contributed by atoms with van der Waals surface area (Å²) in [7, 11) is 0. The van der Waals surface area contributed by atoms with Crippen molar-refractivity contribution in [2.24, 2.45) is 16.9 Å². The lowest BCUT2D eigenvalue weighted by molar-refractivity contribution is -0.129. The van der Waals surface area contributed by atoms with E-state index in [4.69, 9.17) is 11.6 Å². The monoisotopic (exact) mass is 470 g/mol. The number of benzene rings is 3. The predicted octanol–water partition coefficient (Wildman–Crippen LogP) is 3.85. The first-order valence-electron chi connectivity index (χ1n) is 10.9. The molecule has 0 unspecified atom stereocenters. The number of rotatable bonds is 3. The smallest absolute Gasteiger partial charge is 0.249 e. The molecule has 0 radical (unpaired) electrons. The zero-order chi connectivity index (χ0) is 23.4. The van der Waals surface area contributed by atoms with Gasteiger partial charge in [-0.15, -0.1) is 0 Å². The van der Waals surface area contributed by atoms with Crippen LogP contribution < -0.4 is 10.2 Å². The fraction of sp³-hybridized carbons (Fsp3) is 0.154. The molecule has 0 bridgehead atoms. The molecule has 6 rings (SSSR count). The number of nitrogens with zero attached hydrogens (tertiary/aromatic N) is 3. The molecule has 4 atom stereocenters. The maximum Gasteiger partial charge on any atom is 0.249 e. The van der Waals surface area contributed by atoms with Crippen molar-refractivity contribution in [3.63, 3.8) is 0 Å². The number of hydrogen-bond acceptors (Lipinski definition) is 5. The molecule has 3 amide bonds. The molecule has 0 spiro atoms. The van der Waals surface area contributed by atoms with Gasteiger partial charge in [-0.3, -0.25) is 19.4 Å². The summed E-state index contributed by atoms with van der Waals surface area (Å²) in [5, 5.41) is 11.3. The normalized spacial score (nSPS) is 25.1. The molecular formula is C26H19ClN4O3. The summed E-state index contributed by atoms with van der Waals surface area (Å²) < 4.78 is 0. The first-order valence-corrected chi connectivity index (χ1v) is 11.3. The molecule has 0 saturated carbocycles. The van der Waals surface area contributed by atoms with Gasteiger partial charge in [0.05, 0.1) is 23.6 Å². The van der Waals surface area contributed by atoms with Gasteiger partial charge in [0, 0.05) is 16.9 Å². The second kappa shape index (κ2) is 7.81. The number of amides is 3. The highest BCUT2D eigenvalue weighted by molar-refractivity contribution is 6.30. The van der Waals surface area contributed by atoms with Gasteiger partial charge in [0.2, 0.25) is 17.7 Å². The molecule has 3 heterocycles. The van der Waals surface area contributed by atoms with Crippen molar-refractivity contribution in [2.75, 3.05) is 10.2 Å². The number of imide groups is 1. The van der Waals surface area contributed by atoms with Crippen molar-refractivity contribution in [3.8, 4) is 0 Å². The molecule has 3 aliphatic rings. The van der Waals surface area contributed by atoms with E-state index in [0.717, 1.165) is 10.8 Å². The van der Waals surface area contributed by atoms with Crippen molar-refractivity contribution in [1.82, 2.24) is 5.01 Å². The number of nitrogens with one attached hydrogen (secondary N) is 1. The number of allylic oxidation sites excluding steroid dienone is 1. The molecule has 3 aliphatic heterocycles. The lowest BCUT2D eigenvalue weighted by atomic mass is 9.88. The van der Waals surface area contributed by atoms with Crippen LogP contribution in [0.4, 0.5) is 11.4 Å². The Morgan fingerprint density at radius 3 is 2.44 bits per heavy atom. The van der Waals surface area contributed by atoms with Crippen LogP contribution in [0.15, 0.2) is 84.0 Å². The van der Waals surface area contributed by atoms with Gasteiger partial charge in [-0.25, -0.2) is 4.90 Å². The number of halogens is 1. The second-order valence-corrected chi connectivity index (χ2v) is 8.99. The van der Waals surface area contributed by atoms with E-state index in [2.05, 4.69) is 10.4 Å². The van der Waals surface area contributed by atoms with Gasteiger partial charge < -0.3 is 5.32 Å². The number of fused-ring (bicyclic) bond motifs is 4. The summed E-state index contributed by atoms with van der Waals surface area (Å²) in [6, 6.07) is 18.6. The second-order valence-electron chi connectivity index (χ2n) is 8.56. The Balaban J connectivity index is 1.37. The summed E-state index contributed by atoms with van der Waals surface area (Å²) >= 11 is 5.95. The number of anilines is 2. The average Bonchev–Trinajstić information content (AvgIpc) is 3.33. The van der Waals surface area contributed by atoms with E-state index in [1.807, 2.05) is 42.5 Å². The van der Waals surface area contributed by atoms with E-state index in [1.165, 1.54) is 4.90 Å². The summed E-state index contributed by atoms with van der Waals surface area (Å²) in [6.45, 7) is 0. The van der Waals surface area contributed by atoms with Crippen molar-refractivity contribution >= 4 is 57.7 Å². The predicted molar refractivity (Wildman–Crippen MR) is 131 cm³/mol. The molecule has 8 heteroatoms. The number of hydrazone groups is 1. The molecular weight excluding hydrogens is 452 g/mol. The van der Waals surface area contributed by atoms with Crippen molar-refractivity contribution in [2.45, 2.75) is 12.1 Å². The Morgan fingerprint density at radius 2 is 1.65 bits per heavy atom. The molecule has 168 valence electrons. The van der Waals surface area contributed by atoms with Gasteiger partial charge in [-0.2, -0.15) is 5.10 Å². The third kappa shape index (κ3) is 3.12. The lowest BCUT2D eigenvalue weighted by Gasteiger charge is -2.30. The van der Waals surface area contributed by atoms with E-state index >= 15 is 0 Å². The Morgan fingerprint density at radius 1 is 0.912 bits per heavy atom. The molecule has 0 aromatic heterocycles. The third-order valence-electron chi connectivity index (χ3n) is 6.66. The highest BCUT2D eigenvalue weighted by Gasteiger charge is 2.64. The van der Waals surface area contributed by atoms with E-state index < -0.39 is 29.8 Å². The molecule has 34 heavy (non-hydrogen) atoms. The van der Waals surface area contributed by atoms with E-state index in [0.29, 0.717) is 16.4 Å². The van der Waals surface area contributed by atoms with Crippen molar-refractivity contribution < 1.29 is 14.4 Å². The van der Waals surface area contributed by atoms with Crippen LogP contribution in [0.5, 0.6) is 0 Å². The zero-order valence-electron chi connectivity index (χ0n) is 17.8. The van der Waals surface area contributed by atoms with Crippen LogP contribution >= 0.6 is 11.6 Å². The SMILES string of the molecule is O=C(Nc1ccc(Cl)cc1)[C@H]1[C@H]2C(=O)N(c3ccc4ccccc4c3)C(=O)[C@H]2[C@@H]2C=CC=NN21. The molecule has 3 aromatic carbocycles. The molecule has 1 N–H and O–H groups in total. The van der Waals surface area contributed by atoms with Crippen LogP contribution in [0.3, 0.4) is 0 Å². The molecule has 0 aliphatic carbocycles. The molecule has 3 aromatic rings. The maximum atomic E-state index is 13.7. The number of carbonyl (C=O) groups excluding carboxylic acids is 3. The highest BCUT2D eigenvalue weighted by Crippen LogP contribution is 2.46. The molecule has 2 fully saturated rings. The van der Waals surface area contributed by atoms with Gasteiger partial charge in [0.1, 0.15) is 6.04 Å². The van der Waals surface area contributed by atoms with E-state index in [1.54, 1.807) is 47.6 Å². The quantitative estimate of drug-likeness (QED) is 0.589. The van der Waals surface area contributed by atoms with Crippen LogP contribution in [-0.2, 0) is 14.4 Å². The van der Waals surface area contributed by atoms with Crippen LogP contribution in [0, 0.1) is 11.8 Å². The minimum Gasteiger partial charge on any atom is -0.324 e. The van der Waals surface area contributed by atoms with Crippen LogP contribution in [0.25, 0.3) is 10.8 Å². The summed E-state index contributed by atoms with van der Waals surface area (Å²) in [5.41, 5.74) is 1.06.